The highest BCUT2D eigenvalue weighted by atomic mass is 32.1. The van der Waals surface area contributed by atoms with Gasteiger partial charge in [0.05, 0.1) is 17.7 Å². The Labute approximate surface area is 179 Å². The van der Waals surface area contributed by atoms with E-state index in [4.69, 9.17) is 9.47 Å². The molecule has 0 aliphatic carbocycles. The van der Waals surface area contributed by atoms with Crippen molar-refractivity contribution in [2.45, 2.75) is 32.3 Å². The lowest BCUT2D eigenvalue weighted by atomic mass is 10.0. The van der Waals surface area contributed by atoms with Crippen LogP contribution in [0.1, 0.15) is 32.3 Å². The standard InChI is InChI=1S/C24H25NO4S/c1-24(2,27)10-7-16-5-6-19-18(14-16)22(29-15-17-8-11-28-12-9-17)21(23(26)25-19)20-4-3-13-30-20/h3-6,13-14,17,27H,8-9,11-12,15H2,1-2H3,(H,25,26). The molecular weight excluding hydrogens is 398 g/mol. The molecule has 5 nitrogen and oxygen atoms in total. The lowest BCUT2D eigenvalue weighted by Gasteiger charge is -2.23. The molecule has 6 heteroatoms. The van der Waals surface area contributed by atoms with Gasteiger partial charge in [-0.2, -0.15) is 0 Å². The molecule has 30 heavy (non-hydrogen) atoms. The van der Waals surface area contributed by atoms with Crippen LogP contribution in [0.2, 0.25) is 0 Å². The van der Waals surface area contributed by atoms with Crippen LogP contribution in [0.15, 0.2) is 40.5 Å². The van der Waals surface area contributed by atoms with E-state index in [1.807, 2.05) is 35.7 Å². The van der Waals surface area contributed by atoms with Crippen molar-refractivity contribution in [2.24, 2.45) is 5.92 Å². The molecule has 3 heterocycles. The first-order valence-corrected chi connectivity index (χ1v) is 11.0. The summed E-state index contributed by atoms with van der Waals surface area (Å²) < 4.78 is 11.8. The van der Waals surface area contributed by atoms with Gasteiger partial charge in [-0.25, -0.2) is 0 Å². The fourth-order valence-corrected chi connectivity index (χ4v) is 4.24. The van der Waals surface area contributed by atoms with Crippen LogP contribution >= 0.6 is 11.3 Å². The van der Waals surface area contributed by atoms with Crippen molar-refractivity contribution < 1.29 is 14.6 Å². The zero-order valence-corrected chi connectivity index (χ0v) is 18.0. The molecule has 1 saturated heterocycles. The van der Waals surface area contributed by atoms with E-state index in [0.717, 1.165) is 41.9 Å². The van der Waals surface area contributed by atoms with Gasteiger partial charge in [0.15, 0.2) is 0 Å². The summed E-state index contributed by atoms with van der Waals surface area (Å²) in [6.07, 6.45) is 1.91. The quantitative estimate of drug-likeness (QED) is 0.618. The monoisotopic (exact) mass is 423 g/mol. The molecule has 0 unspecified atom stereocenters. The lowest BCUT2D eigenvalue weighted by Crippen LogP contribution is -2.22. The van der Waals surface area contributed by atoms with Crippen molar-refractivity contribution in [2.75, 3.05) is 19.8 Å². The number of rotatable bonds is 4. The van der Waals surface area contributed by atoms with Gasteiger partial charge in [0.2, 0.25) is 0 Å². The first-order valence-electron chi connectivity index (χ1n) is 10.1. The van der Waals surface area contributed by atoms with Crippen molar-refractivity contribution in [3.63, 3.8) is 0 Å². The molecule has 2 aromatic heterocycles. The third kappa shape index (κ3) is 4.76. The maximum absolute atomic E-state index is 12.9. The van der Waals surface area contributed by atoms with Gasteiger partial charge in [0.25, 0.3) is 5.56 Å². The van der Waals surface area contributed by atoms with Gasteiger partial charge < -0.3 is 19.6 Å². The van der Waals surface area contributed by atoms with E-state index in [0.29, 0.717) is 29.4 Å². The van der Waals surface area contributed by atoms with E-state index in [1.54, 1.807) is 13.8 Å². The van der Waals surface area contributed by atoms with Crippen LogP contribution in [0.4, 0.5) is 0 Å². The molecule has 1 aliphatic heterocycles. The molecule has 1 aliphatic rings. The van der Waals surface area contributed by atoms with Gasteiger partial charge >= 0.3 is 0 Å². The van der Waals surface area contributed by atoms with E-state index >= 15 is 0 Å². The summed E-state index contributed by atoms with van der Waals surface area (Å²) in [6.45, 7) is 5.34. The average molecular weight is 424 g/mol. The maximum atomic E-state index is 12.9. The van der Waals surface area contributed by atoms with E-state index in [1.165, 1.54) is 11.3 Å². The molecule has 0 atom stereocenters. The second-order valence-corrected chi connectivity index (χ2v) is 9.02. The van der Waals surface area contributed by atoms with Gasteiger partial charge in [-0.05, 0) is 62.3 Å². The number of hydrogen-bond donors (Lipinski definition) is 2. The predicted octanol–water partition coefficient (Wildman–Crippen LogP) is 4.18. The number of thiophene rings is 1. The van der Waals surface area contributed by atoms with Gasteiger partial charge in [0.1, 0.15) is 11.4 Å². The smallest absolute Gasteiger partial charge is 0.260 e. The van der Waals surface area contributed by atoms with Crippen LogP contribution in [0.5, 0.6) is 5.75 Å². The lowest BCUT2D eigenvalue weighted by molar-refractivity contribution is 0.0500. The Morgan fingerprint density at radius 1 is 1.30 bits per heavy atom. The SMILES string of the molecule is CC(C)(O)C#Cc1ccc2[nH]c(=O)c(-c3cccs3)c(OCC3CCOCC3)c2c1. The van der Waals surface area contributed by atoms with E-state index in [-0.39, 0.29) is 5.56 Å². The van der Waals surface area contributed by atoms with Gasteiger partial charge in [-0.3, -0.25) is 4.79 Å². The van der Waals surface area contributed by atoms with Gasteiger partial charge in [-0.15, -0.1) is 11.3 Å². The third-order valence-corrected chi connectivity index (χ3v) is 5.94. The Kier molecular flexibility index (Phi) is 5.96. The van der Waals surface area contributed by atoms with Crippen LogP contribution in [-0.2, 0) is 4.74 Å². The van der Waals surface area contributed by atoms with Crippen LogP contribution in [-0.4, -0.2) is 35.5 Å². The zero-order chi connectivity index (χ0) is 21.1. The molecule has 1 fully saturated rings. The van der Waals surface area contributed by atoms with Crippen molar-refractivity contribution in [1.29, 1.82) is 0 Å². The van der Waals surface area contributed by atoms with Crippen molar-refractivity contribution in [1.82, 2.24) is 4.98 Å². The summed E-state index contributed by atoms with van der Waals surface area (Å²) in [5.41, 5.74) is 0.769. The van der Waals surface area contributed by atoms with Crippen molar-refractivity contribution >= 4 is 22.2 Å². The number of aliphatic hydroxyl groups is 1. The zero-order valence-electron chi connectivity index (χ0n) is 17.2. The summed E-state index contributed by atoms with van der Waals surface area (Å²) >= 11 is 1.51. The summed E-state index contributed by atoms with van der Waals surface area (Å²) in [6, 6.07) is 9.45. The second-order valence-electron chi connectivity index (χ2n) is 8.07. The molecule has 2 N–H and O–H groups in total. The van der Waals surface area contributed by atoms with E-state index in [9.17, 15) is 9.90 Å². The number of H-pyrrole nitrogens is 1. The normalized spacial score (nSPS) is 15.0. The van der Waals surface area contributed by atoms with Crippen LogP contribution in [0.25, 0.3) is 21.3 Å². The number of hydrogen-bond acceptors (Lipinski definition) is 5. The molecule has 156 valence electrons. The number of fused-ring (bicyclic) bond motifs is 1. The number of nitrogens with one attached hydrogen (secondary N) is 1. The second kappa shape index (κ2) is 8.65. The van der Waals surface area contributed by atoms with E-state index < -0.39 is 5.60 Å². The maximum Gasteiger partial charge on any atom is 0.260 e. The topological polar surface area (TPSA) is 71.5 Å². The number of ether oxygens (including phenoxy) is 2. The molecule has 3 aromatic rings. The Balaban J connectivity index is 1.82. The minimum atomic E-state index is -1.08. The summed E-state index contributed by atoms with van der Waals surface area (Å²) in [4.78, 5) is 16.8. The first-order chi connectivity index (χ1) is 14.4. The minimum Gasteiger partial charge on any atom is -0.492 e. The third-order valence-electron chi connectivity index (χ3n) is 5.05. The summed E-state index contributed by atoms with van der Waals surface area (Å²) in [5.74, 6) is 6.85. The summed E-state index contributed by atoms with van der Waals surface area (Å²) in [7, 11) is 0. The number of benzene rings is 1. The molecular formula is C24H25NO4S. The van der Waals surface area contributed by atoms with E-state index in [2.05, 4.69) is 16.8 Å². The number of pyridine rings is 1. The highest BCUT2D eigenvalue weighted by Crippen LogP contribution is 2.36. The average Bonchev–Trinajstić information content (AvgIpc) is 3.24. The fraction of sp³-hybridized carbons (Fsp3) is 0.375. The highest BCUT2D eigenvalue weighted by Gasteiger charge is 2.20. The molecule has 0 radical (unpaired) electrons. The molecule has 0 amide bonds. The summed E-state index contributed by atoms with van der Waals surface area (Å²) in [5, 5.41) is 12.7. The van der Waals surface area contributed by atoms with Crippen molar-refractivity contribution in [3.8, 4) is 28.0 Å². The van der Waals surface area contributed by atoms with Gasteiger partial charge in [-0.1, -0.05) is 17.9 Å². The van der Waals surface area contributed by atoms with Crippen LogP contribution in [0, 0.1) is 17.8 Å². The number of aromatic nitrogens is 1. The van der Waals surface area contributed by atoms with Crippen LogP contribution in [0.3, 0.4) is 0 Å². The van der Waals surface area contributed by atoms with Gasteiger partial charge in [0, 0.05) is 29.0 Å². The first kappa shape index (κ1) is 20.7. The predicted molar refractivity (Wildman–Crippen MR) is 120 cm³/mol. The molecule has 0 saturated carbocycles. The Morgan fingerprint density at radius 2 is 2.10 bits per heavy atom. The van der Waals surface area contributed by atoms with Crippen molar-refractivity contribution in [3.05, 3.63) is 51.6 Å². The largest absolute Gasteiger partial charge is 0.492 e. The molecule has 4 rings (SSSR count). The number of aromatic amines is 1. The Bertz CT molecular complexity index is 1140. The Morgan fingerprint density at radius 3 is 2.80 bits per heavy atom. The van der Waals surface area contributed by atoms with Crippen LogP contribution < -0.4 is 10.3 Å². The highest BCUT2D eigenvalue weighted by molar-refractivity contribution is 7.13. The fourth-order valence-electron chi connectivity index (χ4n) is 3.48. The molecule has 0 bridgehead atoms. The molecule has 1 aromatic carbocycles. The molecule has 0 spiro atoms. The minimum absolute atomic E-state index is 0.165. The Hall–Kier alpha value is -2.59.